The summed E-state index contributed by atoms with van der Waals surface area (Å²) in [7, 11) is 0. The van der Waals surface area contributed by atoms with Crippen LogP contribution in [0.3, 0.4) is 0 Å². The van der Waals surface area contributed by atoms with Gasteiger partial charge in [0.15, 0.2) is 0 Å². The number of nitrogens with one attached hydrogen (secondary N) is 1. The lowest BCUT2D eigenvalue weighted by atomic mass is 10.1. The quantitative estimate of drug-likeness (QED) is 0.347. The number of hydrogen-bond acceptors (Lipinski definition) is 4. The number of hydrazone groups is 1. The Kier molecular flexibility index (Phi) is 8.06. The van der Waals surface area contributed by atoms with E-state index in [1.807, 2.05) is 0 Å². The first-order chi connectivity index (χ1) is 11.0. The second-order valence-corrected chi connectivity index (χ2v) is 5.03. The second-order valence-electron chi connectivity index (χ2n) is 5.03. The highest BCUT2D eigenvalue weighted by molar-refractivity contribution is 5.91. The van der Waals surface area contributed by atoms with Gasteiger partial charge in [0, 0.05) is 12.8 Å². The topological polar surface area (TPSA) is 116 Å². The van der Waals surface area contributed by atoms with Crippen LogP contribution in [0.15, 0.2) is 29.4 Å². The number of unbranched alkanes of at least 4 members (excludes halogenated alkanes) is 3. The van der Waals surface area contributed by atoms with E-state index < -0.39 is 11.9 Å². The van der Waals surface area contributed by atoms with Crippen LogP contribution in [0.4, 0.5) is 0 Å². The lowest BCUT2D eigenvalue weighted by Crippen LogP contribution is -2.16. The smallest absolute Gasteiger partial charge is 0.335 e. The summed E-state index contributed by atoms with van der Waals surface area (Å²) in [6.07, 6.45) is 4.74. The average Bonchev–Trinajstić information content (AvgIpc) is 2.50. The number of amides is 1. The summed E-state index contributed by atoms with van der Waals surface area (Å²) in [5.74, 6) is -2.05. The average molecular weight is 320 g/mol. The van der Waals surface area contributed by atoms with Gasteiger partial charge in [-0.3, -0.25) is 9.59 Å². The predicted molar refractivity (Wildman–Crippen MR) is 84.5 cm³/mol. The van der Waals surface area contributed by atoms with Gasteiger partial charge in [-0.15, -0.1) is 0 Å². The fraction of sp³-hybridized carbons (Fsp3) is 0.375. The summed E-state index contributed by atoms with van der Waals surface area (Å²) in [5.41, 5.74) is 3.11. The van der Waals surface area contributed by atoms with Crippen molar-refractivity contribution in [3.63, 3.8) is 0 Å². The minimum absolute atomic E-state index is 0.154. The van der Waals surface area contributed by atoms with E-state index in [4.69, 9.17) is 10.2 Å². The van der Waals surface area contributed by atoms with Crippen molar-refractivity contribution in [2.45, 2.75) is 38.5 Å². The number of aromatic carboxylic acids is 1. The van der Waals surface area contributed by atoms with E-state index in [-0.39, 0.29) is 17.9 Å². The molecule has 1 rings (SSSR count). The van der Waals surface area contributed by atoms with E-state index in [0.717, 1.165) is 12.8 Å². The highest BCUT2D eigenvalue weighted by Crippen LogP contribution is 2.05. The van der Waals surface area contributed by atoms with Crippen molar-refractivity contribution in [2.75, 3.05) is 0 Å². The van der Waals surface area contributed by atoms with Crippen molar-refractivity contribution >= 4 is 24.1 Å². The molecule has 1 aromatic carbocycles. The van der Waals surface area contributed by atoms with Gasteiger partial charge < -0.3 is 10.2 Å². The van der Waals surface area contributed by atoms with Crippen LogP contribution in [0.25, 0.3) is 0 Å². The number of nitrogens with zero attached hydrogens (tertiary/aromatic N) is 1. The molecule has 23 heavy (non-hydrogen) atoms. The van der Waals surface area contributed by atoms with Crippen LogP contribution >= 0.6 is 0 Å². The minimum atomic E-state index is -1.02. The summed E-state index contributed by atoms with van der Waals surface area (Å²) in [5, 5.41) is 21.1. The van der Waals surface area contributed by atoms with Gasteiger partial charge in [-0.05, 0) is 30.5 Å². The van der Waals surface area contributed by atoms with E-state index in [0.29, 0.717) is 24.8 Å². The molecule has 0 heterocycles. The maximum atomic E-state index is 11.5. The number of aliphatic carboxylic acids is 1. The molecule has 124 valence electrons. The lowest BCUT2D eigenvalue weighted by molar-refractivity contribution is -0.137. The number of carboxylic acids is 2. The van der Waals surface area contributed by atoms with Crippen LogP contribution in [-0.2, 0) is 9.59 Å². The fourth-order valence-corrected chi connectivity index (χ4v) is 1.90. The van der Waals surface area contributed by atoms with E-state index in [1.54, 1.807) is 12.1 Å². The highest BCUT2D eigenvalue weighted by atomic mass is 16.4. The van der Waals surface area contributed by atoms with Gasteiger partial charge in [0.1, 0.15) is 0 Å². The molecular weight excluding hydrogens is 300 g/mol. The summed E-state index contributed by atoms with van der Waals surface area (Å²) >= 11 is 0. The van der Waals surface area contributed by atoms with Crippen LogP contribution in [0.1, 0.15) is 54.4 Å². The van der Waals surface area contributed by atoms with Gasteiger partial charge >= 0.3 is 11.9 Å². The molecule has 0 atom stereocenters. The molecule has 0 spiro atoms. The first kappa shape index (κ1) is 18.3. The predicted octanol–water partition coefficient (Wildman–Crippen LogP) is 2.26. The fourth-order valence-electron chi connectivity index (χ4n) is 1.90. The van der Waals surface area contributed by atoms with Gasteiger partial charge in [-0.2, -0.15) is 5.10 Å². The number of hydrogen-bond donors (Lipinski definition) is 3. The molecule has 1 amide bonds. The van der Waals surface area contributed by atoms with Gasteiger partial charge in [0.2, 0.25) is 5.91 Å². The van der Waals surface area contributed by atoms with Gasteiger partial charge in [-0.1, -0.05) is 25.0 Å². The van der Waals surface area contributed by atoms with Crippen LogP contribution in [0.5, 0.6) is 0 Å². The van der Waals surface area contributed by atoms with Crippen molar-refractivity contribution in [1.82, 2.24) is 5.43 Å². The molecule has 3 N–H and O–H groups in total. The Morgan fingerprint density at radius 3 is 2.39 bits per heavy atom. The molecule has 0 aromatic heterocycles. The minimum Gasteiger partial charge on any atom is -0.481 e. The summed E-state index contributed by atoms with van der Waals surface area (Å²) in [6.45, 7) is 0. The molecule has 0 unspecified atom stereocenters. The maximum absolute atomic E-state index is 11.5. The molecule has 0 saturated carbocycles. The first-order valence-electron chi connectivity index (χ1n) is 7.36. The van der Waals surface area contributed by atoms with E-state index in [1.165, 1.54) is 18.3 Å². The molecule has 0 aliphatic carbocycles. The monoisotopic (exact) mass is 320 g/mol. The highest BCUT2D eigenvalue weighted by Gasteiger charge is 2.02. The number of benzene rings is 1. The third-order valence-corrected chi connectivity index (χ3v) is 3.08. The Balaban J connectivity index is 2.24. The normalized spacial score (nSPS) is 10.6. The van der Waals surface area contributed by atoms with Gasteiger partial charge in [0.25, 0.3) is 0 Å². The summed E-state index contributed by atoms with van der Waals surface area (Å²) < 4.78 is 0. The van der Waals surface area contributed by atoms with Crippen molar-refractivity contribution in [3.05, 3.63) is 35.4 Å². The molecule has 0 radical (unpaired) electrons. The van der Waals surface area contributed by atoms with Crippen molar-refractivity contribution < 1.29 is 24.6 Å². The third-order valence-electron chi connectivity index (χ3n) is 3.08. The zero-order chi connectivity index (χ0) is 17.1. The SMILES string of the molecule is O=C(O)CCCCCCC(=O)N/N=C/c1cccc(C(=O)O)c1. The van der Waals surface area contributed by atoms with E-state index >= 15 is 0 Å². The van der Waals surface area contributed by atoms with Crippen molar-refractivity contribution in [3.8, 4) is 0 Å². The Morgan fingerprint density at radius 2 is 1.74 bits per heavy atom. The number of rotatable bonds is 10. The molecule has 0 aliphatic rings. The molecular formula is C16H20N2O5. The molecule has 0 fully saturated rings. The molecule has 0 saturated heterocycles. The molecule has 1 aromatic rings. The largest absolute Gasteiger partial charge is 0.481 e. The second kappa shape index (κ2) is 10.1. The van der Waals surface area contributed by atoms with Gasteiger partial charge in [-0.25, -0.2) is 10.2 Å². The number of carboxylic acid groups (broad SMARTS) is 2. The molecule has 7 nitrogen and oxygen atoms in total. The zero-order valence-electron chi connectivity index (χ0n) is 12.7. The lowest BCUT2D eigenvalue weighted by Gasteiger charge is -2.00. The Morgan fingerprint density at radius 1 is 1.04 bits per heavy atom. The molecule has 0 aliphatic heterocycles. The molecule has 7 heteroatoms. The Labute approximate surface area is 134 Å². The Bertz CT molecular complexity index is 584. The van der Waals surface area contributed by atoms with E-state index in [9.17, 15) is 14.4 Å². The maximum Gasteiger partial charge on any atom is 0.335 e. The number of carbonyl (C=O) groups excluding carboxylic acids is 1. The van der Waals surface area contributed by atoms with Crippen LogP contribution < -0.4 is 5.43 Å². The zero-order valence-corrected chi connectivity index (χ0v) is 12.7. The summed E-state index contributed by atoms with van der Waals surface area (Å²) in [4.78, 5) is 32.7. The Hall–Kier alpha value is -2.70. The van der Waals surface area contributed by atoms with Crippen LogP contribution in [-0.4, -0.2) is 34.3 Å². The third kappa shape index (κ3) is 8.35. The van der Waals surface area contributed by atoms with Crippen LogP contribution in [0.2, 0.25) is 0 Å². The summed E-state index contributed by atoms with van der Waals surface area (Å²) in [6, 6.07) is 6.22. The van der Waals surface area contributed by atoms with Crippen molar-refractivity contribution in [2.24, 2.45) is 5.10 Å². The van der Waals surface area contributed by atoms with Crippen LogP contribution in [0, 0.1) is 0 Å². The molecule has 0 bridgehead atoms. The standard InChI is InChI=1S/C16H20N2O5/c19-14(8-3-1-2-4-9-15(20)21)18-17-11-12-6-5-7-13(10-12)16(22)23/h5-7,10-11H,1-4,8-9H2,(H,18,19)(H,20,21)(H,22,23)/b17-11+. The van der Waals surface area contributed by atoms with Gasteiger partial charge in [0.05, 0.1) is 11.8 Å². The first-order valence-corrected chi connectivity index (χ1v) is 7.36. The van der Waals surface area contributed by atoms with E-state index in [2.05, 4.69) is 10.5 Å². The van der Waals surface area contributed by atoms with Crippen molar-refractivity contribution in [1.29, 1.82) is 0 Å². The number of carbonyl (C=O) groups is 3.